The molecule has 0 unspecified atom stereocenters. The summed E-state index contributed by atoms with van der Waals surface area (Å²) in [5.41, 5.74) is 0. The number of benzene rings is 1. The van der Waals surface area contributed by atoms with Gasteiger partial charge in [0.15, 0.2) is 0 Å². The number of thioether (sulfide) groups is 1. The number of rotatable bonds is 7. The van der Waals surface area contributed by atoms with Crippen molar-refractivity contribution in [2.24, 2.45) is 0 Å². The molecule has 0 saturated carbocycles. The van der Waals surface area contributed by atoms with Crippen LogP contribution in [0.25, 0.3) is 0 Å². The molecule has 0 fully saturated rings. The summed E-state index contributed by atoms with van der Waals surface area (Å²) in [5.74, 6) is -0.643. The van der Waals surface area contributed by atoms with Gasteiger partial charge in [-0.15, -0.1) is 11.8 Å². The molecule has 0 bridgehead atoms. The van der Waals surface area contributed by atoms with Gasteiger partial charge in [-0.25, -0.2) is 0 Å². The zero-order valence-corrected chi connectivity index (χ0v) is 12.2. The molecule has 1 aromatic rings. The van der Waals surface area contributed by atoms with E-state index in [9.17, 15) is 9.59 Å². The monoisotopic (exact) mass is 301 g/mol. The number of hydrogen-bond donors (Lipinski definition) is 1. The normalized spacial score (nSPS) is 10.2. The van der Waals surface area contributed by atoms with E-state index in [1.807, 2.05) is 19.1 Å². The third kappa shape index (κ3) is 5.98. The lowest BCUT2D eigenvalue weighted by atomic mass is 10.4. The zero-order valence-electron chi connectivity index (χ0n) is 10.6. The Hall–Kier alpha value is -1.20. The van der Waals surface area contributed by atoms with Crippen molar-refractivity contribution in [2.75, 3.05) is 18.8 Å². The summed E-state index contributed by atoms with van der Waals surface area (Å²) in [4.78, 5) is 24.9. The number of nitrogens with zero attached hydrogens (tertiary/aromatic N) is 1. The molecule has 0 aliphatic heterocycles. The topological polar surface area (TPSA) is 57.6 Å². The van der Waals surface area contributed by atoms with Crippen LogP contribution in [0.15, 0.2) is 29.2 Å². The van der Waals surface area contributed by atoms with Gasteiger partial charge >= 0.3 is 5.97 Å². The molecule has 1 amide bonds. The molecule has 0 atom stereocenters. The van der Waals surface area contributed by atoms with Crippen molar-refractivity contribution in [1.29, 1.82) is 0 Å². The van der Waals surface area contributed by atoms with Crippen molar-refractivity contribution in [2.45, 2.75) is 18.2 Å². The highest BCUT2D eigenvalue weighted by molar-refractivity contribution is 8.00. The Bertz CT molecular complexity index is 436. The van der Waals surface area contributed by atoms with Crippen LogP contribution >= 0.6 is 23.4 Å². The molecule has 19 heavy (non-hydrogen) atoms. The summed E-state index contributed by atoms with van der Waals surface area (Å²) in [6.07, 6.45) is -0.0226. The van der Waals surface area contributed by atoms with E-state index in [1.165, 1.54) is 11.8 Å². The van der Waals surface area contributed by atoms with E-state index < -0.39 is 5.97 Å². The van der Waals surface area contributed by atoms with Gasteiger partial charge in [-0.2, -0.15) is 0 Å². The van der Waals surface area contributed by atoms with Crippen LogP contribution in [0.3, 0.4) is 0 Å². The standard InChI is InChI=1S/C13H16ClNO3S/c1-2-15(8-7-13(17)18)12(16)9-19-11-5-3-10(14)4-6-11/h3-6H,2,7-9H2,1H3,(H,17,18). The summed E-state index contributed by atoms with van der Waals surface area (Å²) in [7, 11) is 0. The summed E-state index contributed by atoms with van der Waals surface area (Å²) < 4.78 is 0. The first-order valence-corrected chi connectivity index (χ1v) is 7.27. The number of amides is 1. The van der Waals surface area contributed by atoms with Crippen molar-refractivity contribution >= 4 is 35.2 Å². The van der Waals surface area contributed by atoms with E-state index in [1.54, 1.807) is 17.0 Å². The molecule has 0 aliphatic rings. The Kier molecular flexibility index (Phi) is 6.73. The van der Waals surface area contributed by atoms with Gasteiger partial charge in [0.05, 0.1) is 12.2 Å². The lowest BCUT2D eigenvalue weighted by Gasteiger charge is -2.19. The van der Waals surface area contributed by atoms with E-state index in [4.69, 9.17) is 16.7 Å². The Balaban J connectivity index is 2.44. The third-order valence-electron chi connectivity index (χ3n) is 2.51. The minimum absolute atomic E-state index is 0.0226. The average Bonchev–Trinajstić information content (AvgIpc) is 2.38. The van der Waals surface area contributed by atoms with Gasteiger partial charge in [0.2, 0.25) is 5.91 Å². The lowest BCUT2D eigenvalue weighted by molar-refractivity contribution is -0.138. The molecule has 1 aromatic carbocycles. The van der Waals surface area contributed by atoms with Crippen LogP contribution < -0.4 is 0 Å². The van der Waals surface area contributed by atoms with Gasteiger partial charge < -0.3 is 10.0 Å². The van der Waals surface area contributed by atoms with Crippen LogP contribution in [0.2, 0.25) is 5.02 Å². The molecule has 0 saturated heterocycles. The molecule has 0 aromatic heterocycles. The van der Waals surface area contributed by atoms with E-state index in [0.29, 0.717) is 17.3 Å². The maximum Gasteiger partial charge on any atom is 0.305 e. The lowest BCUT2D eigenvalue weighted by Crippen LogP contribution is -2.34. The third-order valence-corrected chi connectivity index (χ3v) is 3.75. The summed E-state index contributed by atoms with van der Waals surface area (Å²) in [5, 5.41) is 9.28. The van der Waals surface area contributed by atoms with Crippen LogP contribution in [0.5, 0.6) is 0 Å². The minimum Gasteiger partial charge on any atom is -0.481 e. The predicted molar refractivity (Wildman–Crippen MR) is 76.7 cm³/mol. The second-order valence-corrected chi connectivity index (χ2v) is 5.34. The van der Waals surface area contributed by atoms with Gasteiger partial charge in [0.25, 0.3) is 0 Å². The molecule has 6 heteroatoms. The van der Waals surface area contributed by atoms with E-state index in [2.05, 4.69) is 0 Å². The second kappa shape index (κ2) is 8.07. The molecule has 0 heterocycles. The molecular weight excluding hydrogens is 286 g/mol. The molecule has 0 spiro atoms. The summed E-state index contributed by atoms with van der Waals surface area (Å²) in [6, 6.07) is 7.26. The number of carbonyl (C=O) groups excluding carboxylic acids is 1. The predicted octanol–water partition coefficient (Wildman–Crippen LogP) is 2.76. The van der Waals surface area contributed by atoms with Gasteiger partial charge in [0, 0.05) is 23.0 Å². The number of carboxylic acids is 1. The van der Waals surface area contributed by atoms with E-state index >= 15 is 0 Å². The van der Waals surface area contributed by atoms with Gasteiger partial charge in [-0.05, 0) is 31.2 Å². The van der Waals surface area contributed by atoms with Crippen molar-refractivity contribution < 1.29 is 14.7 Å². The molecule has 0 aliphatic carbocycles. The average molecular weight is 302 g/mol. The molecule has 0 radical (unpaired) electrons. The maximum atomic E-state index is 11.9. The fraction of sp³-hybridized carbons (Fsp3) is 0.385. The quantitative estimate of drug-likeness (QED) is 0.787. The number of halogens is 1. The van der Waals surface area contributed by atoms with Crippen LogP contribution in [0.4, 0.5) is 0 Å². The summed E-state index contributed by atoms with van der Waals surface area (Å²) in [6.45, 7) is 2.62. The molecule has 104 valence electrons. The number of carboxylic acid groups (broad SMARTS) is 1. The number of hydrogen-bond acceptors (Lipinski definition) is 3. The molecule has 1 rings (SSSR count). The van der Waals surface area contributed by atoms with Gasteiger partial charge in [-0.1, -0.05) is 11.6 Å². The molecule has 1 N–H and O–H groups in total. The largest absolute Gasteiger partial charge is 0.481 e. The van der Waals surface area contributed by atoms with Gasteiger partial charge in [0.1, 0.15) is 0 Å². The molecule has 4 nitrogen and oxygen atoms in total. The first-order chi connectivity index (χ1) is 9.02. The Morgan fingerprint density at radius 2 is 1.95 bits per heavy atom. The van der Waals surface area contributed by atoms with Crippen molar-refractivity contribution in [3.8, 4) is 0 Å². The number of aliphatic carboxylic acids is 1. The van der Waals surface area contributed by atoms with Crippen molar-refractivity contribution in [3.63, 3.8) is 0 Å². The fourth-order valence-corrected chi connectivity index (χ4v) is 2.38. The van der Waals surface area contributed by atoms with Crippen LogP contribution in [-0.4, -0.2) is 40.7 Å². The highest BCUT2D eigenvalue weighted by Gasteiger charge is 2.13. The highest BCUT2D eigenvalue weighted by atomic mass is 35.5. The Morgan fingerprint density at radius 3 is 2.47 bits per heavy atom. The SMILES string of the molecule is CCN(CCC(=O)O)C(=O)CSc1ccc(Cl)cc1. The highest BCUT2D eigenvalue weighted by Crippen LogP contribution is 2.20. The maximum absolute atomic E-state index is 11.9. The fourth-order valence-electron chi connectivity index (χ4n) is 1.46. The van der Waals surface area contributed by atoms with Crippen molar-refractivity contribution in [3.05, 3.63) is 29.3 Å². The van der Waals surface area contributed by atoms with Gasteiger partial charge in [-0.3, -0.25) is 9.59 Å². The first kappa shape index (κ1) is 15.9. The van der Waals surface area contributed by atoms with Crippen LogP contribution in [-0.2, 0) is 9.59 Å². The van der Waals surface area contributed by atoms with Crippen LogP contribution in [0.1, 0.15) is 13.3 Å². The smallest absolute Gasteiger partial charge is 0.305 e. The van der Waals surface area contributed by atoms with E-state index in [0.717, 1.165) is 4.90 Å². The molecular formula is C13H16ClNO3S. The first-order valence-electron chi connectivity index (χ1n) is 5.91. The Morgan fingerprint density at radius 1 is 1.32 bits per heavy atom. The van der Waals surface area contributed by atoms with Crippen LogP contribution in [0, 0.1) is 0 Å². The van der Waals surface area contributed by atoms with E-state index in [-0.39, 0.29) is 18.9 Å². The zero-order chi connectivity index (χ0) is 14.3. The van der Waals surface area contributed by atoms with Crippen molar-refractivity contribution in [1.82, 2.24) is 4.90 Å². The minimum atomic E-state index is -0.892. The Labute approximate surface area is 121 Å². The second-order valence-electron chi connectivity index (χ2n) is 3.86. The summed E-state index contributed by atoms with van der Waals surface area (Å²) >= 11 is 7.20. The number of carbonyl (C=O) groups is 2.